The average Bonchev–Trinajstić information content (AvgIpc) is 2.93. The smallest absolute Gasteiger partial charge is 0.391 e. The molecule has 1 heterocycles. The highest BCUT2D eigenvalue weighted by Crippen LogP contribution is 2.48. The maximum absolute atomic E-state index is 13.1. The number of halogens is 4. The van der Waals surface area contributed by atoms with E-state index in [1.807, 2.05) is 38.1 Å². The Labute approximate surface area is 183 Å². The van der Waals surface area contributed by atoms with E-state index in [2.05, 4.69) is 5.32 Å². The normalized spacial score (nSPS) is 24.1. The van der Waals surface area contributed by atoms with Crippen LogP contribution in [0.2, 0.25) is 5.02 Å². The highest BCUT2D eigenvalue weighted by Gasteiger charge is 2.52. The summed E-state index contributed by atoms with van der Waals surface area (Å²) in [6.45, 7) is 3.73. The van der Waals surface area contributed by atoms with Crippen LogP contribution in [0.25, 0.3) is 16.7 Å². The van der Waals surface area contributed by atoms with E-state index in [1.54, 1.807) is 12.1 Å². The van der Waals surface area contributed by atoms with Crippen LogP contribution in [0.3, 0.4) is 0 Å². The van der Waals surface area contributed by atoms with Gasteiger partial charge in [0.2, 0.25) is 0 Å². The third kappa shape index (κ3) is 3.71. The molecule has 0 saturated heterocycles. The Morgan fingerprint density at radius 3 is 2.26 bits per heavy atom. The number of rotatable bonds is 2. The molecule has 31 heavy (non-hydrogen) atoms. The van der Waals surface area contributed by atoms with Gasteiger partial charge in [0.15, 0.2) is 0 Å². The Morgan fingerprint density at radius 1 is 1.06 bits per heavy atom. The van der Waals surface area contributed by atoms with Crippen molar-refractivity contribution in [2.45, 2.75) is 51.2 Å². The summed E-state index contributed by atoms with van der Waals surface area (Å²) in [6, 6.07) is 11.2. The molecule has 164 valence electrons. The van der Waals surface area contributed by atoms with E-state index < -0.39 is 23.5 Å². The first-order valence-corrected chi connectivity index (χ1v) is 10.6. The van der Waals surface area contributed by atoms with Gasteiger partial charge in [-0.15, -0.1) is 0 Å². The molecule has 7 heteroatoms. The van der Waals surface area contributed by atoms with Crippen molar-refractivity contribution in [3.05, 3.63) is 63.9 Å². The second kappa shape index (κ2) is 7.59. The predicted octanol–water partition coefficient (Wildman–Crippen LogP) is 6.51. The molecule has 1 saturated carbocycles. The van der Waals surface area contributed by atoms with Crippen LogP contribution in [0.1, 0.15) is 42.4 Å². The van der Waals surface area contributed by atoms with Gasteiger partial charge in [-0.25, -0.2) is 0 Å². The number of carbonyl (C=O) groups excluding carboxylic acids is 1. The Balaban J connectivity index is 1.76. The number of benzene rings is 2. The van der Waals surface area contributed by atoms with Gasteiger partial charge in [-0.2, -0.15) is 13.2 Å². The number of aliphatic hydroxyl groups excluding tert-OH is 1. The Hall–Kier alpha value is -2.47. The van der Waals surface area contributed by atoms with Gasteiger partial charge in [-0.05, 0) is 79.5 Å². The lowest BCUT2D eigenvalue weighted by atomic mass is 9.75. The molecule has 0 aromatic heterocycles. The van der Waals surface area contributed by atoms with Crippen LogP contribution >= 0.6 is 11.6 Å². The first kappa shape index (κ1) is 21.8. The third-order valence-corrected chi connectivity index (χ3v) is 6.90. The largest absolute Gasteiger partial charge is 0.509 e. The fraction of sp³-hybridized carbons (Fsp3) is 0.375. The lowest BCUT2D eigenvalue weighted by molar-refractivity contribution is -0.184. The van der Waals surface area contributed by atoms with Gasteiger partial charge >= 0.3 is 6.18 Å². The number of hydrogen-bond acceptors (Lipinski definition) is 2. The van der Waals surface area contributed by atoms with Crippen molar-refractivity contribution < 1.29 is 23.1 Å². The molecule has 0 unspecified atom stereocenters. The number of alkyl halides is 3. The van der Waals surface area contributed by atoms with Crippen LogP contribution in [0.5, 0.6) is 0 Å². The molecular weight excluding hydrogens is 427 g/mol. The highest BCUT2D eigenvalue weighted by molar-refractivity contribution is 6.30. The molecule has 1 aliphatic carbocycles. The van der Waals surface area contributed by atoms with Crippen molar-refractivity contribution in [3.63, 3.8) is 0 Å². The maximum atomic E-state index is 13.1. The Morgan fingerprint density at radius 2 is 1.68 bits per heavy atom. The standard InChI is InChI=1S/C24H23ClF3NO2/c1-13-3-8-18(15-4-6-17(25)7-5-15)14(2)19(13)20-21(30)23(29-22(20)31)11-9-16(10-12-23)24(26,27)28/h3-8,16,30H,9-12H2,1-2H3,(H,29,31). The molecule has 1 spiro atoms. The lowest BCUT2D eigenvalue weighted by Gasteiger charge is -2.37. The third-order valence-electron chi connectivity index (χ3n) is 6.65. The van der Waals surface area contributed by atoms with Gasteiger partial charge in [-0.1, -0.05) is 35.9 Å². The molecule has 1 fully saturated rings. The number of hydrogen-bond donors (Lipinski definition) is 2. The summed E-state index contributed by atoms with van der Waals surface area (Å²) < 4.78 is 39.3. The highest BCUT2D eigenvalue weighted by atomic mass is 35.5. The summed E-state index contributed by atoms with van der Waals surface area (Å²) in [4.78, 5) is 13.0. The van der Waals surface area contributed by atoms with E-state index in [0.717, 1.165) is 22.3 Å². The minimum Gasteiger partial charge on any atom is -0.509 e. The van der Waals surface area contributed by atoms with Gasteiger partial charge in [0.25, 0.3) is 5.91 Å². The number of carbonyl (C=O) groups is 1. The minimum absolute atomic E-state index is 0.0627. The van der Waals surface area contributed by atoms with Gasteiger partial charge < -0.3 is 10.4 Å². The van der Waals surface area contributed by atoms with Crippen LogP contribution < -0.4 is 5.32 Å². The van der Waals surface area contributed by atoms with E-state index in [9.17, 15) is 23.1 Å². The van der Waals surface area contributed by atoms with Crippen LogP contribution in [0, 0.1) is 19.8 Å². The molecule has 2 N–H and O–H groups in total. The van der Waals surface area contributed by atoms with Gasteiger partial charge in [-0.3, -0.25) is 4.79 Å². The molecule has 2 aromatic carbocycles. The first-order valence-electron chi connectivity index (χ1n) is 10.2. The van der Waals surface area contributed by atoms with Crippen molar-refractivity contribution in [1.82, 2.24) is 5.32 Å². The van der Waals surface area contributed by atoms with Crippen molar-refractivity contribution in [2.75, 3.05) is 0 Å². The Kier molecular flexibility index (Phi) is 5.32. The van der Waals surface area contributed by atoms with E-state index in [-0.39, 0.29) is 37.0 Å². The summed E-state index contributed by atoms with van der Waals surface area (Å²) in [5.74, 6) is -1.98. The predicted molar refractivity (Wildman–Crippen MR) is 115 cm³/mol. The van der Waals surface area contributed by atoms with Crippen molar-refractivity contribution in [2.24, 2.45) is 5.92 Å². The van der Waals surface area contributed by atoms with E-state index in [1.165, 1.54) is 0 Å². The summed E-state index contributed by atoms with van der Waals surface area (Å²) in [5, 5.41) is 14.5. The molecule has 2 aliphatic rings. The quantitative estimate of drug-likeness (QED) is 0.548. The summed E-state index contributed by atoms with van der Waals surface area (Å²) in [7, 11) is 0. The number of aliphatic hydroxyl groups is 1. The summed E-state index contributed by atoms with van der Waals surface area (Å²) >= 11 is 5.99. The zero-order valence-corrected chi connectivity index (χ0v) is 18.0. The lowest BCUT2D eigenvalue weighted by Crippen LogP contribution is -2.48. The van der Waals surface area contributed by atoms with Crippen LogP contribution in [-0.4, -0.2) is 22.7 Å². The Bertz CT molecular complexity index is 1070. The second-order valence-electron chi connectivity index (χ2n) is 8.51. The molecule has 0 radical (unpaired) electrons. The molecule has 0 atom stereocenters. The van der Waals surface area contributed by atoms with E-state index in [4.69, 9.17) is 11.6 Å². The van der Waals surface area contributed by atoms with Crippen molar-refractivity contribution in [3.8, 4) is 11.1 Å². The SMILES string of the molecule is Cc1ccc(-c2ccc(Cl)cc2)c(C)c1C1=C(O)C2(CCC(C(F)(F)F)CC2)NC1=O. The molecule has 4 rings (SSSR count). The number of aryl methyl sites for hydroxylation is 1. The van der Waals surface area contributed by atoms with Gasteiger partial charge in [0.05, 0.1) is 17.0 Å². The molecular formula is C24H23ClF3NO2. The number of amides is 1. The van der Waals surface area contributed by atoms with Crippen molar-refractivity contribution >= 4 is 23.1 Å². The molecule has 1 aliphatic heterocycles. The maximum Gasteiger partial charge on any atom is 0.391 e. The van der Waals surface area contributed by atoms with Crippen LogP contribution in [0.15, 0.2) is 42.2 Å². The van der Waals surface area contributed by atoms with Gasteiger partial charge in [0, 0.05) is 5.02 Å². The van der Waals surface area contributed by atoms with Gasteiger partial charge in [0.1, 0.15) is 5.76 Å². The van der Waals surface area contributed by atoms with E-state index >= 15 is 0 Å². The first-order chi connectivity index (χ1) is 14.5. The zero-order valence-electron chi connectivity index (χ0n) is 17.2. The summed E-state index contributed by atoms with van der Waals surface area (Å²) in [6.07, 6.45) is -4.37. The molecule has 2 aromatic rings. The van der Waals surface area contributed by atoms with E-state index in [0.29, 0.717) is 10.6 Å². The van der Waals surface area contributed by atoms with Crippen LogP contribution in [0.4, 0.5) is 13.2 Å². The number of nitrogens with one attached hydrogen (secondary N) is 1. The van der Waals surface area contributed by atoms with Crippen molar-refractivity contribution in [1.29, 1.82) is 0 Å². The van der Waals surface area contributed by atoms with Crippen LogP contribution in [-0.2, 0) is 4.79 Å². The molecule has 3 nitrogen and oxygen atoms in total. The monoisotopic (exact) mass is 449 g/mol. The minimum atomic E-state index is -4.26. The fourth-order valence-corrected chi connectivity index (χ4v) is 5.02. The average molecular weight is 450 g/mol. The fourth-order valence-electron chi connectivity index (χ4n) is 4.89. The molecule has 1 amide bonds. The second-order valence-corrected chi connectivity index (χ2v) is 8.95. The summed E-state index contributed by atoms with van der Waals surface area (Å²) in [5.41, 5.74) is 3.11. The topological polar surface area (TPSA) is 49.3 Å². The molecule has 0 bridgehead atoms. The zero-order chi connectivity index (χ0) is 22.6.